The molecule has 236 valence electrons. The minimum absolute atomic E-state index is 0.552. The first-order valence-corrected chi connectivity index (χ1v) is 18.6. The van der Waals surface area contributed by atoms with Gasteiger partial charge < -0.3 is 9.80 Å². The van der Waals surface area contributed by atoms with Gasteiger partial charge in [-0.05, 0) is 24.8 Å². The molecule has 0 N–H and O–H groups in total. The lowest BCUT2D eigenvalue weighted by Gasteiger charge is -2.33. The Morgan fingerprint density at radius 1 is 0.439 bits per heavy atom. The third kappa shape index (κ3) is 18.7. The standard InChI is InChI=1S/C39H70N2/c1-3-5-7-9-11-13-15-16-17-19-21-23-25-30-34-40-35-36-41(37-38-31-27-26-28-32-38)39(40)33-29-24-22-20-18-14-12-10-8-6-4-2/h26-28,31-32,35-36,39H,3-25,29-30,33-34,37H2,1-2H3. The molecular formula is C39H70N2. The highest BCUT2D eigenvalue weighted by molar-refractivity contribution is 5.16. The van der Waals surface area contributed by atoms with Gasteiger partial charge in [-0.3, -0.25) is 0 Å². The normalized spacial score (nSPS) is 14.9. The zero-order chi connectivity index (χ0) is 29.1. The van der Waals surface area contributed by atoms with Gasteiger partial charge >= 0.3 is 0 Å². The van der Waals surface area contributed by atoms with Crippen LogP contribution >= 0.6 is 0 Å². The number of hydrogen-bond acceptors (Lipinski definition) is 2. The van der Waals surface area contributed by atoms with Crippen LogP contribution in [0.25, 0.3) is 0 Å². The number of unbranched alkanes of at least 4 members (excludes halogenated alkanes) is 23. The summed E-state index contributed by atoms with van der Waals surface area (Å²) in [7, 11) is 0. The fourth-order valence-corrected chi connectivity index (χ4v) is 6.55. The number of hydrogen-bond donors (Lipinski definition) is 0. The first-order chi connectivity index (χ1) is 20.3. The van der Waals surface area contributed by atoms with Crippen LogP contribution in [0.1, 0.15) is 186 Å². The average molecular weight is 567 g/mol. The molecule has 1 aromatic carbocycles. The zero-order valence-corrected chi connectivity index (χ0v) is 27.8. The molecule has 0 bridgehead atoms. The van der Waals surface area contributed by atoms with Crippen LogP contribution in [0.5, 0.6) is 0 Å². The molecule has 1 aromatic rings. The summed E-state index contributed by atoms with van der Waals surface area (Å²) >= 11 is 0. The molecule has 1 aliphatic rings. The summed E-state index contributed by atoms with van der Waals surface area (Å²) < 4.78 is 0. The maximum Gasteiger partial charge on any atom is 0.101 e. The van der Waals surface area contributed by atoms with Crippen LogP contribution in [0.3, 0.4) is 0 Å². The second-order valence-corrected chi connectivity index (χ2v) is 13.1. The van der Waals surface area contributed by atoms with Gasteiger partial charge in [0.1, 0.15) is 6.17 Å². The van der Waals surface area contributed by atoms with Crippen molar-refractivity contribution in [2.75, 3.05) is 6.54 Å². The van der Waals surface area contributed by atoms with E-state index >= 15 is 0 Å². The minimum atomic E-state index is 0.552. The topological polar surface area (TPSA) is 6.48 Å². The van der Waals surface area contributed by atoms with Crippen molar-refractivity contribution in [3.63, 3.8) is 0 Å². The summed E-state index contributed by atoms with van der Waals surface area (Å²) in [6.45, 7) is 6.88. The molecule has 0 saturated heterocycles. The molecule has 2 nitrogen and oxygen atoms in total. The van der Waals surface area contributed by atoms with E-state index in [0.717, 1.165) is 6.54 Å². The van der Waals surface area contributed by atoms with Crippen molar-refractivity contribution >= 4 is 0 Å². The predicted octanol–water partition coefficient (Wildman–Crippen LogP) is 12.8. The Hall–Kier alpha value is -1.44. The highest BCUT2D eigenvalue weighted by atomic mass is 15.4. The lowest BCUT2D eigenvalue weighted by molar-refractivity contribution is 0.132. The summed E-state index contributed by atoms with van der Waals surface area (Å²) in [6.07, 6.45) is 42.4. The average Bonchev–Trinajstić information content (AvgIpc) is 3.37. The molecule has 0 aromatic heterocycles. The molecule has 2 rings (SSSR count). The predicted molar refractivity (Wildman–Crippen MR) is 183 cm³/mol. The van der Waals surface area contributed by atoms with Gasteiger partial charge in [0, 0.05) is 25.5 Å². The molecule has 0 spiro atoms. The van der Waals surface area contributed by atoms with Crippen LogP contribution in [-0.4, -0.2) is 22.5 Å². The molecule has 0 radical (unpaired) electrons. The van der Waals surface area contributed by atoms with E-state index in [1.807, 2.05) is 0 Å². The van der Waals surface area contributed by atoms with Crippen molar-refractivity contribution in [1.29, 1.82) is 0 Å². The SMILES string of the molecule is CCCCCCCCCCCCCCCCN1C=CN(Cc2ccccc2)C1CCCCCCCCCCCCC. The molecule has 0 saturated carbocycles. The van der Waals surface area contributed by atoms with E-state index in [2.05, 4.69) is 66.4 Å². The molecular weight excluding hydrogens is 496 g/mol. The van der Waals surface area contributed by atoms with Gasteiger partial charge in [0.15, 0.2) is 0 Å². The third-order valence-electron chi connectivity index (χ3n) is 9.26. The van der Waals surface area contributed by atoms with Gasteiger partial charge in [0.2, 0.25) is 0 Å². The van der Waals surface area contributed by atoms with E-state index in [4.69, 9.17) is 0 Å². The highest BCUT2D eigenvalue weighted by Gasteiger charge is 2.25. The van der Waals surface area contributed by atoms with Crippen molar-refractivity contribution in [2.24, 2.45) is 0 Å². The fourth-order valence-electron chi connectivity index (χ4n) is 6.55. The number of rotatable bonds is 29. The minimum Gasteiger partial charge on any atom is -0.356 e. The Morgan fingerprint density at radius 2 is 0.829 bits per heavy atom. The van der Waals surface area contributed by atoms with Crippen LogP contribution in [0, 0.1) is 0 Å². The molecule has 0 fully saturated rings. The van der Waals surface area contributed by atoms with E-state index in [0.29, 0.717) is 6.17 Å². The first-order valence-electron chi connectivity index (χ1n) is 18.6. The van der Waals surface area contributed by atoms with E-state index in [-0.39, 0.29) is 0 Å². The summed E-state index contributed by atoms with van der Waals surface area (Å²) in [5.41, 5.74) is 1.43. The second-order valence-electron chi connectivity index (χ2n) is 13.1. The van der Waals surface area contributed by atoms with Gasteiger partial charge in [0.05, 0.1) is 0 Å². The van der Waals surface area contributed by atoms with Gasteiger partial charge in [-0.25, -0.2) is 0 Å². The maximum atomic E-state index is 2.67. The molecule has 2 heteroatoms. The highest BCUT2D eigenvalue weighted by Crippen LogP contribution is 2.25. The lowest BCUT2D eigenvalue weighted by Crippen LogP contribution is -2.38. The van der Waals surface area contributed by atoms with Crippen molar-refractivity contribution < 1.29 is 0 Å². The van der Waals surface area contributed by atoms with Crippen molar-refractivity contribution in [2.45, 2.75) is 193 Å². The molecule has 1 heterocycles. The van der Waals surface area contributed by atoms with Gasteiger partial charge in [-0.1, -0.05) is 192 Å². The fraction of sp³-hybridized carbons (Fsp3) is 0.795. The summed E-state index contributed by atoms with van der Waals surface area (Å²) in [6, 6.07) is 11.1. The van der Waals surface area contributed by atoms with Gasteiger partial charge in [-0.15, -0.1) is 0 Å². The van der Waals surface area contributed by atoms with E-state index in [1.54, 1.807) is 0 Å². The van der Waals surface area contributed by atoms with E-state index in [1.165, 1.54) is 179 Å². The summed E-state index contributed by atoms with van der Waals surface area (Å²) in [5.74, 6) is 0. The quantitative estimate of drug-likeness (QED) is 0.0890. The molecule has 0 amide bonds. The lowest BCUT2D eigenvalue weighted by atomic mass is 10.0. The first kappa shape index (κ1) is 35.8. The zero-order valence-electron chi connectivity index (χ0n) is 27.8. The van der Waals surface area contributed by atoms with Crippen LogP contribution in [-0.2, 0) is 6.54 Å². The molecule has 1 aliphatic heterocycles. The summed E-state index contributed by atoms with van der Waals surface area (Å²) in [5, 5.41) is 0. The van der Waals surface area contributed by atoms with Gasteiger partial charge in [0.25, 0.3) is 0 Å². The Labute approximate surface area is 257 Å². The molecule has 1 unspecified atom stereocenters. The maximum absolute atomic E-state index is 2.67. The Bertz CT molecular complexity index is 699. The second kappa shape index (κ2) is 26.2. The van der Waals surface area contributed by atoms with Crippen molar-refractivity contribution in [1.82, 2.24) is 9.80 Å². The van der Waals surface area contributed by atoms with Crippen LogP contribution in [0.15, 0.2) is 42.7 Å². The Balaban J connectivity index is 1.56. The van der Waals surface area contributed by atoms with Gasteiger partial charge in [-0.2, -0.15) is 0 Å². The molecule has 41 heavy (non-hydrogen) atoms. The van der Waals surface area contributed by atoms with Crippen LogP contribution < -0.4 is 0 Å². The monoisotopic (exact) mass is 567 g/mol. The smallest absolute Gasteiger partial charge is 0.101 e. The Morgan fingerprint density at radius 3 is 1.29 bits per heavy atom. The largest absolute Gasteiger partial charge is 0.356 e. The summed E-state index contributed by atoms with van der Waals surface area (Å²) in [4.78, 5) is 5.27. The van der Waals surface area contributed by atoms with E-state index < -0.39 is 0 Å². The van der Waals surface area contributed by atoms with Crippen molar-refractivity contribution in [3.8, 4) is 0 Å². The van der Waals surface area contributed by atoms with Crippen LogP contribution in [0.2, 0.25) is 0 Å². The van der Waals surface area contributed by atoms with Crippen LogP contribution in [0.4, 0.5) is 0 Å². The molecule has 1 atom stereocenters. The molecule has 0 aliphatic carbocycles. The number of benzene rings is 1. The number of nitrogens with zero attached hydrogens (tertiary/aromatic N) is 2. The Kier molecular flexibility index (Phi) is 22.9. The van der Waals surface area contributed by atoms with E-state index in [9.17, 15) is 0 Å². The third-order valence-corrected chi connectivity index (χ3v) is 9.26. The van der Waals surface area contributed by atoms with Crippen molar-refractivity contribution in [3.05, 3.63) is 48.3 Å².